The minimum atomic E-state index is -0.711. The van der Waals surface area contributed by atoms with Crippen LogP contribution in [0.15, 0.2) is 30.6 Å². The average Bonchev–Trinajstić information content (AvgIpc) is 2.40. The summed E-state index contributed by atoms with van der Waals surface area (Å²) < 4.78 is 22.7. The lowest BCUT2D eigenvalue weighted by Gasteiger charge is -2.06. The van der Waals surface area contributed by atoms with Crippen LogP contribution in [0.1, 0.15) is 0 Å². The minimum absolute atomic E-state index is 0.211. The fourth-order valence-electron chi connectivity index (χ4n) is 1.34. The molecule has 0 saturated carbocycles. The van der Waals surface area contributed by atoms with Crippen LogP contribution in [0.2, 0.25) is 0 Å². The van der Waals surface area contributed by atoms with E-state index in [0.29, 0.717) is 0 Å². The van der Waals surface area contributed by atoms with Gasteiger partial charge in [-0.1, -0.05) is 0 Å². The molecule has 0 N–H and O–H groups in total. The van der Waals surface area contributed by atoms with Crippen molar-refractivity contribution in [2.75, 3.05) is 7.11 Å². The molecule has 0 fully saturated rings. The monoisotopic (exact) mass is 265 g/mol. The molecule has 98 valence electrons. The van der Waals surface area contributed by atoms with E-state index in [-0.39, 0.29) is 17.5 Å². The lowest BCUT2D eigenvalue weighted by molar-refractivity contribution is -0.387. The van der Waals surface area contributed by atoms with Gasteiger partial charge in [-0.3, -0.25) is 10.1 Å². The zero-order valence-corrected chi connectivity index (χ0v) is 9.74. The maximum atomic E-state index is 12.7. The molecule has 0 aliphatic rings. The second-order valence-electron chi connectivity index (χ2n) is 3.35. The molecule has 2 aromatic rings. The molecule has 0 aliphatic heterocycles. The third-order valence-electron chi connectivity index (χ3n) is 2.16. The molecular formula is C11H8FN3O4. The Morgan fingerprint density at radius 3 is 2.42 bits per heavy atom. The first-order valence-electron chi connectivity index (χ1n) is 5.08. The number of aromatic nitrogens is 2. The van der Waals surface area contributed by atoms with E-state index >= 15 is 0 Å². The van der Waals surface area contributed by atoms with E-state index in [1.807, 2.05) is 0 Å². The summed E-state index contributed by atoms with van der Waals surface area (Å²) in [5, 5.41) is 11.0. The van der Waals surface area contributed by atoms with Crippen molar-refractivity contribution in [3.8, 4) is 17.5 Å². The first-order valence-corrected chi connectivity index (χ1v) is 5.08. The number of nitrogens with zero attached hydrogens (tertiary/aromatic N) is 3. The Labute approximate surface area is 106 Å². The third kappa shape index (κ3) is 2.73. The second kappa shape index (κ2) is 5.25. The summed E-state index contributed by atoms with van der Waals surface area (Å²) in [5.74, 6) is -0.715. The summed E-state index contributed by atoms with van der Waals surface area (Å²) in [5.41, 5.74) is -0.491. The van der Waals surface area contributed by atoms with Gasteiger partial charge < -0.3 is 9.47 Å². The Bertz CT molecular complexity index is 603. The third-order valence-corrected chi connectivity index (χ3v) is 2.16. The molecule has 0 radical (unpaired) electrons. The van der Waals surface area contributed by atoms with Crippen molar-refractivity contribution in [2.24, 2.45) is 0 Å². The topological polar surface area (TPSA) is 87.4 Å². The Morgan fingerprint density at radius 1 is 1.21 bits per heavy atom. The number of hydrogen-bond donors (Lipinski definition) is 0. The van der Waals surface area contributed by atoms with E-state index in [0.717, 1.165) is 6.33 Å². The van der Waals surface area contributed by atoms with Gasteiger partial charge in [-0.15, -0.1) is 0 Å². The average molecular weight is 265 g/mol. The maximum Gasteiger partial charge on any atom is 0.392 e. The Hall–Kier alpha value is -2.77. The zero-order valence-electron chi connectivity index (χ0n) is 9.74. The number of halogens is 1. The highest BCUT2D eigenvalue weighted by Crippen LogP contribution is 2.34. The molecule has 8 heteroatoms. The maximum absolute atomic E-state index is 12.7. The van der Waals surface area contributed by atoms with E-state index in [1.54, 1.807) is 0 Å². The summed E-state index contributed by atoms with van der Waals surface area (Å²) in [6, 6.07) is 4.99. The lowest BCUT2D eigenvalue weighted by Crippen LogP contribution is -2.01. The molecule has 0 amide bonds. The first-order chi connectivity index (χ1) is 9.11. The highest BCUT2D eigenvalue weighted by Gasteiger charge is 2.25. The van der Waals surface area contributed by atoms with Crippen LogP contribution >= 0.6 is 0 Å². The van der Waals surface area contributed by atoms with Crippen molar-refractivity contribution in [2.45, 2.75) is 0 Å². The minimum Gasteiger partial charge on any atom is -0.476 e. The molecule has 0 spiro atoms. The van der Waals surface area contributed by atoms with Gasteiger partial charge >= 0.3 is 17.4 Å². The van der Waals surface area contributed by atoms with Crippen LogP contribution in [-0.4, -0.2) is 22.0 Å². The van der Waals surface area contributed by atoms with Gasteiger partial charge in [0.1, 0.15) is 17.9 Å². The smallest absolute Gasteiger partial charge is 0.392 e. The van der Waals surface area contributed by atoms with Gasteiger partial charge in [0.15, 0.2) is 0 Å². The largest absolute Gasteiger partial charge is 0.476 e. The van der Waals surface area contributed by atoms with Crippen molar-refractivity contribution in [1.29, 1.82) is 0 Å². The molecule has 1 aromatic carbocycles. The van der Waals surface area contributed by atoms with Gasteiger partial charge in [0.05, 0.1) is 12.0 Å². The summed E-state index contributed by atoms with van der Waals surface area (Å²) >= 11 is 0. The van der Waals surface area contributed by atoms with Crippen LogP contribution in [0.3, 0.4) is 0 Å². The molecule has 1 aromatic heterocycles. The fraction of sp³-hybridized carbons (Fsp3) is 0.0909. The Morgan fingerprint density at radius 2 is 1.84 bits per heavy atom. The quantitative estimate of drug-likeness (QED) is 0.622. The van der Waals surface area contributed by atoms with Crippen LogP contribution in [-0.2, 0) is 0 Å². The van der Waals surface area contributed by atoms with Crippen molar-refractivity contribution in [3.63, 3.8) is 0 Å². The van der Waals surface area contributed by atoms with Gasteiger partial charge in [-0.05, 0) is 24.3 Å². The van der Waals surface area contributed by atoms with Crippen molar-refractivity contribution < 1.29 is 18.8 Å². The van der Waals surface area contributed by atoms with E-state index in [2.05, 4.69) is 9.97 Å². The van der Waals surface area contributed by atoms with Crippen LogP contribution in [0.5, 0.6) is 17.5 Å². The molecular weight excluding hydrogens is 257 g/mol. The van der Waals surface area contributed by atoms with E-state index in [1.165, 1.54) is 31.4 Å². The predicted octanol–water partition coefficient (Wildman–Crippen LogP) is 2.32. The molecule has 7 nitrogen and oxygen atoms in total. The second-order valence-corrected chi connectivity index (χ2v) is 3.35. The van der Waals surface area contributed by atoms with Crippen LogP contribution in [0, 0.1) is 15.9 Å². The molecule has 19 heavy (non-hydrogen) atoms. The number of methoxy groups -OCH3 is 1. The molecule has 0 aliphatic carbocycles. The van der Waals surface area contributed by atoms with Crippen LogP contribution in [0.4, 0.5) is 10.1 Å². The van der Waals surface area contributed by atoms with Gasteiger partial charge in [0.2, 0.25) is 0 Å². The molecule has 0 bridgehead atoms. The number of nitro groups is 1. The van der Waals surface area contributed by atoms with E-state index in [4.69, 9.17) is 9.47 Å². The number of rotatable bonds is 4. The van der Waals surface area contributed by atoms with Crippen molar-refractivity contribution >= 4 is 5.69 Å². The summed E-state index contributed by atoms with van der Waals surface area (Å²) in [6.07, 6.45) is 1.07. The molecule has 1 heterocycles. The zero-order chi connectivity index (χ0) is 13.8. The van der Waals surface area contributed by atoms with Crippen LogP contribution in [0.25, 0.3) is 0 Å². The standard InChI is InChI=1S/C11H8FN3O4/c1-18-10-9(15(16)17)11(14-6-13-10)19-8-4-2-7(12)3-5-8/h2-6H,1H3. The van der Waals surface area contributed by atoms with E-state index in [9.17, 15) is 14.5 Å². The summed E-state index contributed by atoms with van der Waals surface area (Å²) in [6.45, 7) is 0. The van der Waals surface area contributed by atoms with Crippen LogP contribution < -0.4 is 9.47 Å². The Balaban J connectivity index is 2.39. The SMILES string of the molecule is COc1ncnc(Oc2ccc(F)cc2)c1[N+](=O)[O-]. The van der Waals surface area contributed by atoms with Gasteiger partial charge in [0.25, 0.3) is 0 Å². The summed E-state index contributed by atoms with van der Waals surface area (Å²) in [7, 11) is 1.25. The van der Waals surface area contributed by atoms with Gasteiger partial charge in [-0.25, -0.2) is 4.39 Å². The van der Waals surface area contributed by atoms with Crippen molar-refractivity contribution in [3.05, 3.63) is 46.5 Å². The predicted molar refractivity (Wildman–Crippen MR) is 61.7 cm³/mol. The highest BCUT2D eigenvalue weighted by atomic mass is 19.1. The van der Waals surface area contributed by atoms with Gasteiger partial charge in [-0.2, -0.15) is 9.97 Å². The first kappa shape index (κ1) is 12.7. The fourth-order valence-corrected chi connectivity index (χ4v) is 1.34. The molecule has 0 saturated heterocycles. The summed E-state index contributed by atoms with van der Waals surface area (Å²) in [4.78, 5) is 17.5. The normalized spacial score (nSPS) is 10.0. The highest BCUT2D eigenvalue weighted by molar-refractivity contribution is 5.50. The molecule has 0 atom stereocenters. The van der Waals surface area contributed by atoms with E-state index < -0.39 is 16.4 Å². The lowest BCUT2D eigenvalue weighted by atomic mass is 10.3. The Kier molecular flexibility index (Phi) is 3.51. The number of hydrogen-bond acceptors (Lipinski definition) is 6. The molecule has 2 rings (SSSR count). The number of benzene rings is 1. The van der Waals surface area contributed by atoms with Gasteiger partial charge in [0, 0.05) is 0 Å². The molecule has 0 unspecified atom stereocenters. The number of ether oxygens (including phenoxy) is 2. The van der Waals surface area contributed by atoms with Crippen molar-refractivity contribution in [1.82, 2.24) is 9.97 Å².